The zero-order valence-electron chi connectivity index (χ0n) is 8.06. The SMILES string of the molecule is COC(=O)C(N)c1cccnc1OC. The monoisotopic (exact) mass is 196 g/mol. The minimum atomic E-state index is -0.858. The summed E-state index contributed by atoms with van der Waals surface area (Å²) in [4.78, 5) is 15.1. The topological polar surface area (TPSA) is 74.4 Å². The van der Waals surface area contributed by atoms with Gasteiger partial charge in [0.15, 0.2) is 0 Å². The normalized spacial score (nSPS) is 11.9. The van der Waals surface area contributed by atoms with E-state index in [0.29, 0.717) is 11.4 Å². The summed E-state index contributed by atoms with van der Waals surface area (Å²) in [6, 6.07) is 2.50. The van der Waals surface area contributed by atoms with Crippen LogP contribution in [0.1, 0.15) is 11.6 Å². The molecule has 2 N–H and O–H groups in total. The molecule has 1 aromatic rings. The van der Waals surface area contributed by atoms with Crippen LogP contribution in [0.4, 0.5) is 0 Å². The summed E-state index contributed by atoms with van der Waals surface area (Å²) in [5, 5.41) is 0. The number of aromatic nitrogens is 1. The van der Waals surface area contributed by atoms with E-state index >= 15 is 0 Å². The first kappa shape index (κ1) is 10.5. The molecule has 0 bridgehead atoms. The largest absolute Gasteiger partial charge is 0.481 e. The van der Waals surface area contributed by atoms with Crippen molar-refractivity contribution in [3.63, 3.8) is 0 Å². The van der Waals surface area contributed by atoms with E-state index in [1.165, 1.54) is 14.2 Å². The van der Waals surface area contributed by atoms with Crippen LogP contribution in [0.3, 0.4) is 0 Å². The minimum Gasteiger partial charge on any atom is -0.481 e. The number of methoxy groups -OCH3 is 2. The first-order valence-electron chi connectivity index (χ1n) is 4.03. The fraction of sp³-hybridized carbons (Fsp3) is 0.333. The second kappa shape index (κ2) is 4.57. The Morgan fingerprint density at radius 2 is 2.29 bits per heavy atom. The van der Waals surface area contributed by atoms with Crippen molar-refractivity contribution in [2.75, 3.05) is 14.2 Å². The van der Waals surface area contributed by atoms with E-state index in [1.807, 2.05) is 0 Å². The van der Waals surface area contributed by atoms with Crippen molar-refractivity contribution >= 4 is 5.97 Å². The number of ether oxygens (including phenoxy) is 2. The lowest BCUT2D eigenvalue weighted by Gasteiger charge is -2.11. The number of rotatable bonds is 3. The molecule has 5 nitrogen and oxygen atoms in total. The van der Waals surface area contributed by atoms with Gasteiger partial charge in [-0.3, -0.25) is 4.79 Å². The molecule has 0 aliphatic carbocycles. The molecule has 76 valence electrons. The average molecular weight is 196 g/mol. The first-order valence-corrected chi connectivity index (χ1v) is 4.03. The van der Waals surface area contributed by atoms with Gasteiger partial charge in [0.1, 0.15) is 6.04 Å². The molecule has 0 spiro atoms. The van der Waals surface area contributed by atoms with Gasteiger partial charge in [-0.25, -0.2) is 4.98 Å². The van der Waals surface area contributed by atoms with Crippen LogP contribution in [-0.2, 0) is 9.53 Å². The van der Waals surface area contributed by atoms with Gasteiger partial charge < -0.3 is 15.2 Å². The Balaban J connectivity index is 2.99. The van der Waals surface area contributed by atoms with Crippen molar-refractivity contribution in [2.45, 2.75) is 6.04 Å². The minimum absolute atomic E-state index is 0.338. The first-order chi connectivity index (χ1) is 6.70. The van der Waals surface area contributed by atoms with Crippen molar-refractivity contribution in [1.82, 2.24) is 4.98 Å². The second-order valence-electron chi connectivity index (χ2n) is 2.60. The number of hydrogen-bond acceptors (Lipinski definition) is 5. The van der Waals surface area contributed by atoms with Crippen LogP contribution in [0, 0.1) is 0 Å². The third-order valence-corrected chi connectivity index (χ3v) is 1.78. The highest BCUT2D eigenvalue weighted by Gasteiger charge is 2.20. The van der Waals surface area contributed by atoms with Crippen molar-refractivity contribution in [3.05, 3.63) is 23.9 Å². The molecule has 5 heteroatoms. The van der Waals surface area contributed by atoms with E-state index in [0.717, 1.165) is 0 Å². The van der Waals surface area contributed by atoms with Crippen molar-refractivity contribution in [3.8, 4) is 5.88 Å². The third-order valence-electron chi connectivity index (χ3n) is 1.78. The summed E-state index contributed by atoms with van der Waals surface area (Å²) < 4.78 is 9.48. The van der Waals surface area contributed by atoms with Crippen molar-refractivity contribution in [1.29, 1.82) is 0 Å². The van der Waals surface area contributed by atoms with Crippen LogP contribution in [-0.4, -0.2) is 25.2 Å². The summed E-state index contributed by atoms with van der Waals surface area (Å²) in [5.74, 6) is -0.179. The van der Waals surface area contributed by atoms with E-state index in [1.54, 1.807) is 18.3 Å². The van der Waals surface area contributed by atoms with Gasteiger partial charge in [0, 0.05) is 11.8 Å². The Labute approximate surface area is 81.8 Å². The Kier molecular flexibility index (Phi) is 3.41. The van der Waals surface area contributed by atoms with Gasteiger partial charge in [0.25, 0.3) is 0 Å². The molecule has 0 saturated carbocycles. The van der Waals surface area contributed by atoms with E-state index in [4.69, 9.17) is 10.5 Å². The van der Waals surface area contributed by atoms with E-state index in [-0.39, 0.29) is 0 Å². The van der Waals surface area contributed by atoms with Gasteiger partial charge in [-0.2, -0.15) is 0 Å². The van der Waals surface area contributed by atoms with Gasteiger partial charge >= 0.3 is 5.97 Å². The lowest BCUT2D eigenvalue weighted by molar-refractivity contribution is -0.142. The van der Waals surface area contributed by atoms with Crippen LogP contribution in [0.2, 0.25) is 0 Å². The molecule has 0 amide bonds. The molecule has 1 heterocycles. The lowest BCUT2D eigenvalue weighted by Crippen LogP contribution is -2.23. The molecule has 0 aromatic carbocycles. The third kappa shape index (κ3) is 2.00. The van der Waals surface area contributed by atoms with Gasteiger partial charge in [-0.05, 0) is 12.1 Å². The summed E-state index contributed by atoms with van der Waals surface area (Å²) in [5.41, 5.74) is 6.15. The quantitative estimate of drug-likeness (QED) is 0.702. The molecule has 14 heavy (non-hydrogen) atoms. The van der Waals surface area contributed by atoms with Crippen LogP contribution >= 0.6 is 0 Å². The highest BCUT2D eigenvalue weighted by Crippen LogP contribution is 2.20. The molecular formula is C9H12N2O3. The van der Waals surface area contributed by atoms with E-state index in [2.05, 4.69) is 9.72 Å². The summed E-state index contributed by atoms with van der Waals surface area (Å²) in [6.45, 7) is 0. The van der Waals surface area contributed by atoms with Crippen molar-refractivity contribution < 1.29 is 14.3 Å². The van der Waals surface area contributed by atoms with E-state index < -0.39 is 12.0 Å². The maximum atomic E-state index is 11.1. The number of carbonyl (C=O) groups is 1. The fourth-order valence-electron chi connectivity index (χ4n) is 1.06. The van der Waals surface area contributed by atoms with E-state index in [9.17, 15) is 4.79 Å². The van der Waals surface area contributed by atoms with Crippen LogP contribution < -0.4 is 10.5 Å². The number of hydrogen-bond donors (Lipinski definition) is 1. The molecule has 1 rings (SSSR count). The zero-order valence-corrected chi connectivity index (χ0v) is 8.06. The van der Waals surface area contributed by atoms with Crippen LogP contribution in [0.25, 0.3) is 0 Å². The molecule has 1 unspecified atom stereocenters. The average Bonchev–Trinajstić information content (AvgIpc) is 2.26. The van der Waals surface area contributed by atoms with Gasteiger partial charge in [0.2, 0.25) is 5.88 Å². The summed E-state index contributed by atoms with van der Waals surface area (Å²) >= 11 is 0. The summed E-state index contributed by atoms with van der Waals surface area (Å²) in [7, 11) is 2.75. The number of esters is 1. The highest BCUT2D eigenvalue weighted by molar-refractivity contribution is 5.77. The number of pyridine rings is 1. The summed E-state index contributed by atoms with van der Waals surface area (Å²) in [6.07, 6.45) is 1.56. The second-order valence-corrected chi connectivity index (χ2v) is 2.60. The van der Waals surface area contributed by atoms with Crippen molar-refractivity contribution in [2.24, 2.45) is 5.73 Å². The molecule has 0 saturated heterocycles. The number of nitrogens with zero attached hydrogens (tertiary/aromatic N) is 1. The molecular weight excluding hydrogens is 184 g/mol. The Bertz CT molecular complexity index is 328. The van der Waals surface area contributed by atoms with Crippen LogP contribution in [0.15, 0.2) is 18.3 Å². The number of nitrogens with two attached hydrogens (primary N) is 1. The van der Waals surface area contributed by atoms with Gasteiger partial charge in [0.05, 0.1) is 14.2 Å². The maximum Gasteiger partial charge on any atom is 0.327 e. The smallest absolute Gasteiger partial charge is 0.327 e. The molecule has 0 aliphatic rings. The van der Waals surface area contributed by atoms with Crippen LogP contribution in [0.5, 0.6) is 5.88 Å². The molecule has 0 fully saturated rings. The number of carbonyl (C=O) groups excluding carboxylic acids is 1. The molecule has 1 atom stereocenters. The molecule has 0 aliphatic heterocycles. The predicted molar refractivity (Wildman–Crippen MR) is 49.7 cm³/mol. The Morgan fingerprint density at radius 1 is 1.57 bits per heavy atom. The Hall–Kier alpha value is -1.62. The lowest BCUT2D eigenvalue weighted by atomic mass is 10.1. The molecule has 0 radical (unpaired) electrons. The zero-order chi connectivity index (χ0) is 10.6. The standard InChI is InChI=1S/C9H12N2O3/c1-13-8-6(4-3-5-11-8)7(10)9(12)14-2/h3-5,7H,10H2,1-2H3. The highest BCUT2D eigenvalue weighted by atomic mass is 16.5. The van der Waals surface area contributed by atoms with Gasteiger partial charge in [-0.15, -0.1) is 0 Å². The van der Waals surface area contributed by atoms with Gasteiger partial charge in [-0.1, -0.05) is 0 Å². The molecule has 1 aromatic heterocycles. The fourth-order valence-corrected chi connectivity index (χ4v) is 1.06. The Morgan fingerprint density at radius 3 is 2.86 bits per heavy atom. The maximum absolute atomic E-state index is 11.1. The predicted octanol–water partition coefficient (Wildman–Crippen LogP) is 0.263.